The van der Waals surface area contributed by atoms with E-state index in [2.05, 4.69) is 12.2 Å². The Bertz CT molecular complexity index is 304. The Morgan fingerprint density at radius 3 is 2.43 bits per heavy atom. The van der Waals surface area contributed by atoms with Crippen molar-refractivity contribution in [1.82, 2.24) is 0 Å². The number of hydrogen-bond donors (Lipinski definition) is 2. The van der Waals surface area contributed by atoms with Crippen LogP contribution in [0.3, 0.4) is 0 Å². The van der Waals surface area contributed by atoms with Crippen molar-refractivity contribution in [2.24, 2.45) is 5.73 Å². The van der Waals surface area contributed by atoms with Crippen LogP contribution in [0.25, 0.3) is 0 Å². The van der Waals surface area contributed by atoms with Crippen molar-refractivity contribution in [3.05, 3.63) is 29.8 Å². The number of carbonyl (C=O) groups excluding carboxylic acids is 1. The van der Waals surface area contributed by atoms with Gasteiger partial charge in [0.25, 0.3) is 0 Å². The van der Waals surface area contributed by atoms with Crippen LogP contribution in [0.15, 0.2) is 24.3 Å². The summed E-state index contributed by atoms with van der Waals surface area (Å²) < 4.78 is 0. The van der Waals surface area contributed by atoms with Gasteiger partial charge in [-0.3, -0.25) is 4.79 Å². The molecule has 1 atom stereocenters. The van der Waals surface area contributed by atoms with E-state index in [0.29, 0.717) is 0 Å². The summed E-state index contributed by atoms with van der Waals surface area (Å²) in [4.78, 5) is 11.2. The summed E-state index contributed by atoms with van der Waals surface area (Å²) in [5.41, 5.74) is 7.48. The Kier molecular flexibility index (Phi) is 3.65. The molecule has 0 radical (unpaired) electrons. The van der Waals surface area contributed by atoms with Crippen LogP contribution in [0, 0.1) is 0 Å². The summed E-state index contributed by atoms with van der Waals surface area (Å²) in [7, 11) is 0. The van der Waals surface area contributed by atoms with Gasteiger partial charge in [0, 0.05) is 5.69 Å². The molecule has 0 fully saturated rings. The lowest BCUT2D eigenvalue weighted by molar-refractivity contribution is -0.117. The Morgan fingerprint density at radius 2 is 2.00 bits per heavy atom. The van der Waals surface area contributed by atoms with Gasteiger partial charge in [-0.05, 0) is 31.0 Å². The number of benzene rings is 1. The van der Waals surface area contributed by atoms with Crippen molar-refractivity contribution in [2.45, 2.75) is 26.3 Å². The lowest BCUT2D eigenvalue weighted by Crippen LogP contribution is -2.32. The first-order valence-corrected chi connectivity index (χ1v) is 4.79. The molecule has 0 aliphatic rings. The number of rotatable bonds is 3. The van der Waals surface area contributed by atoms with Gasteiger partial charge in [0.2, 0.25) is 5.91 Å². The van der Waals surface area contributed by atoms with Crippen molar-refractivity contribution >= 4 is 11.6 Å². The van der Waals surface area contributed by atoms with E-state index in [-0.39, 0.29) is 5.91 Å². The number of hydrogen-bond acceptors (Lipinski definition) is 2. The van der Waals surface area contributed by atoms with Crippen LogP contribution in [0.1, 0.15) is 19.4 Å². The van der Waals surface area contributed by atoms with Gasteiger partial charge in [0.1, 0.15) is 0 Å². The summed E-state index contributed by atoms with van der Waals surface area (Å²) in [5, 5.41) is 2.73. The van der Waals surface area contributed by atoms with E-state index in [0.717, 1.165) is 12.1 Å². The van der Waals surface area contributed by atoms with Crippen LogP contribution in [-0.4, -0.2) is 11.9 Å². The molecule has 0 heterocycles. The Morgan fingerprint density at radius 1 is 1.43 bits per heavy atom. The molecule has 3 heteroatoms. The normalized spacial score (nSPS) is 12.2. The first-order chi connectivity index (χ1) is 6.63. The lowest BCUT2D eigenvalue weighted by Gasteiger charge is -2.07. The summed E-state index contributed by atoms with van der Waals surface area (Å²) in [5.74, 6) is -0.158. The second-order valence-electron chi connectivity index (χ2n) is 3.33. The molecule has 1 amide bonds. The van der Waals surface area contributed by atoms with Crippen molar-refractivity contribution in [3.8, 4) is 0 Å². The van der Waals surface area contributed by atoms with E-state index in [1.807, 2.05) is 24.3 Å². The van der Waals surface area contributed by atoms with Crippen LogP contribution >= 0.6 is 0 Å². The molecular formula is C11H16N2O. The van der Waals surface area contributed by atoms with Gasteiger partial charge in [-0.2, -0.15) is 0 Å². The zero-order valence-corrected chi connectivity index (χ0v) is 8.58. The monoisotopic (exact) mass is 192 g/mol. The fourth-order valence-corrected chi connectivity index (χ4v) is 1.08. The van der Waals surface area contributed by atoms with Crippen molar-refractivity contribution in [1.29, 1.82) is 0 Å². The molecule has 0 aliphatic carbocycles. The third kappa shape index (κ3) is 2.85. The highest BCUT2D eigenvalue weighted by Crippen LogP contribution is 2.09. The molecule has 0 unspecified atom stereocenters. The molecule has 76 valence electrons. The van der Waals surface area contributed by atoms with Gasteiger partial charge in [-0.1, -0.05) is 19.1 Å². The SMILES string of the molecule is CCc1ccc(NC(=O)[C@@H](C)N)cc1. The summed E-state index contributed by atoms with van der Waals surface area (Å²) in [6, 6.07) is 7.30. The molecule has 1 aromatic carbocycles. The minimum atomic E-state index is -0.471. The standard InChI is InChI=1S/C11H16N2O/c1-3-9-4-6-10(7-5-9)13-11(14)8(2)12/h4-8H,3,12H2,1-2H3,(H,13,14)/t8-/m1/s1. The predicted molar refractivity (Wildman–Crippen MR) is 58.1 cm³/mol. The topological polar surface area (TPSA) is 55.1 Å². The van der Waals surface area contributed by atoms with E-state index in [1.165, 1.54) is 5.56 Å². The second-order valence-corrected chi connectivity index (χ2v) is 3.33. The first kappa shape index (κ1) is 10.7. The van der Waals surface area contributed by atoms with Crippen LogP contribution in [0.4, 0.5) is 5.69 Å². The zero-order chi connectivity index (χ0) is 10.6. The van der Waals surface area contributed by atoms with Crippen molar-refractivity contribution < 1.29 is 4.79 Å². The highest BCUT2D eigenvalue weighted by Gasteiger charge is 2.06. The molecule has 0 bridgehead atoms. The maximum Gasteiger partial charge on any atom is 0.240 e. The van der Waals surface area contributed by atoms with E-state index in [9.17, 15) is 4.79 Å². The van der Waals surface area contributed by atoms with Crippen LogP contribution in [0.2, 0.25) is 0 Å². The molecule has 0 spiro atoms. The van der Waals surface area contributed by atoms with E-state index < -0.39 is 6.04 Å². The van der Waals surface area contributed by atoms with Gasteiger partial charge in [0.15, 0.2) is 0 Å². The van der Waals surface area contributed by atoms with Crippen LogP contribution in [0.5, 0.6) is 0 Å². The minimum absolute atomic E-state index is 0.158. The number of carbonyl (C=O) groups is 1. The van der Waals surface area contributed by atoms with Gasteiger partial charge in [-0.15, -0.1) is 0 Å². The van der Waals surface area contributed by atoms with Gasteiger partial charge >= 0.3 is 0 Å². The van der Waals surface area contributed by atoms with Gasteiger partial charge < -0.3 is 11.1 Å². The third-order valence-corrected chi connectivity index (χ3v) is 2.04. The van der Waals surface area contributed by atoms with Crippen LogP contribution in [-0.2, 0) is 11.2 Å². The minimum Gasteiger partial charge on any atom is -0.325 e. The second kappa shape index (κ2) is 4.77. The highest BCUT2D eigenvalue weighted by atomic mass is 16.2. The molecule has 0 saturated carbocycles. The van der Waals surface area contributed by atoms with E-state index >= 15 is 0 Å². The maximum atomic E-state index is 11.2. The molecule has 0 aromatic heterocycles. The fourth-order valence-electron chi connectivity index (χ4n) is 1.08. The number of aryl methyl sites for hydroxylation is 1. The summed E-state index contributed by atoms with van der Waals surface area (Å²) in [6.07, 6.45) is 1.00. The Hall–Kier alpha value is -1.35. The smallest absolute Gasteiger partial charge is 0.240 e. The summed E-state index contributed by atoms with van der Waals surface area (Å²) in [6.45, 7) is 3.76. The molecule has 1 rings (SSSR count). The molecule has 0 aliphatic heterocycles. The summed E-state index contributed by atoms with van der Waals surface area (Å²) >= 11 is 0. The Labute approximate surface area is 84.3 Å². The molecule has 1 aromatic rings. The molecular weight excluding hydrogens is 176 g/mol. The number of amides is 1. The molecule has 3 nitrogen and oxygen atoms in total. The van der Waals surface area contributed by atoms with E-state index in [4.69, 9.17) is 5.73 Å². The van der Waals surface area contributed by atoms with Crippen LogP contribution < -0.4 is 11.1 Å². The quantitative estimate of drug-likeness (QED) is 0.763. The average Bonchev–Trinajstić information content (AvgIpc) is 2.19. The third-order valence-electron chi connectivity index (χ3n) is 2.04. The molecule has 0 saturated heterocycles. The molecule has 3 N–H and O–H groups in total. The average molecular weight is 192 g/mol. The number of anilines is 1. The molecule has 14 heavy (non-hydrogen) atoms. The van der Waals surface area contributed by atoms with Crippen molar-refractivity contribution in [2.75, 3.05) is 5.32 Å². The van der Waals surface area contributed by atoms with E-state index in [1.54, 1.807) is 6.92 Å². The Balaban J connectivity index is 2.64. The van der Waals surface area contributed by atoms with Gasteiger partial charge in [0.05, 0.1) is 6.04 Å². The number of nitrogens with one attached hydrogen (secondary N) is 1. The van der Waals surface area contributed by atoms with Crippen molar-refractivity contribution in [3.63, 3.8) is 0 Å². The number of nitrogens with two attached hydrogens (primary N) is 1. The lowest BCUT2D eigenvalue weighted by atomic mass is 10.1. The fraction of sp³-hybridized carbons (Fsp3) is 0.364. The van der Waals surface area contributed by atoms with Gasteiger partial charge in [-0.25, -0.2) is 0 Å². The largest absolute Gasteiger partial charge is 0.325 e. The zero-order valence-electron chi connectivity index (χ0n) is 8.58. The predicted octanol–water partition coefficient (Wildman–Crippen LogP) is 1.53. The first-order valence-electron chi connectivity index (χ1n) is 4.79. The highest BCUT2D eigenvalue weighted by molar-refractivity contribution is 5.94. The maximum absolute atomic E-state index is 11.2.